The smallest absolute Gasteiger partial charge is 0.325 e. The summed E-state index contributed by atoms with van der Waals surface area (Å²) in [5.74, 6) is 0.140. The summed E-state index contributed by atoms with van der Waals surface area (Å²) in [6.07, 6.45) is 3.10. The van der Waals surface area contributed by atoms with Crippen molar-refractivity contribution in [2.75, 3.05) is 6.61 Å². The molecule has 0 saturated carbocycles. The molecule has 0 fully saturated rings. The van der Waals surface area contributed by atoms with Crippen molar-refractivity contribution in [1.29, 1.82) is 0 Å². The first-order valence-electron chi connectivity index (χ1n) is 4.45. The van der Waals surface area contributed by atoms with Crippen molar-refractivity contribution in [2.45, 2.75) is 20.4 Å². The van der Waals surface area contributed by atoms with Gasteiger partial charge in [-0.05, 0) is 5.92 Å². The molecule has 1 aromatic rings. The summed E-state index contributed by atoms with van der Waals surface area (Å²) < 4.78 is 6.68. The highest BCUT2D eigenvalue weighted by atomic mass is 16.5. The number of nitrogens with zero attached hydrogens (tertiary/aromatic N) is 2. The summed E-state index contributed by atoms with van der Waals surface area (Å²) in [5.41, 5.74) is 0. The largest absolute Gasteiger partial charge is 0.490 e. The van der Waals surface area contributed by atoms with E-state index in [1.54, 1.807) is 6.20 Å². The fraction of sp³-hybridized carbons (Fsp3) is 0.556. The van der Waals surface area contributed by atoms with E-state index in [1.165, 1.54) is 10.9 Å². The molecule has 0 spiro atoms. The zero-order valence-corrected chi connectivity index (χ0v) is 8.30. The monoisotopic (exact) mass is 198 g/mol. The summed E-state index contributed by atoms with van der Waals surface area (Å²) >= 11 is 0. The third-order valence-corrected chi connectivity index (χ3v) is 1.49. The quantitative estimate of drug-likeness (QED) is 0.766. The van der Waals surface area contributed by atoms with Crippen LogP contribution in [-0.4, -0.2) is 27.5 Å². The lowest BCUT2D eigenvalue weighted by molar-refractivity contribution is -0.137. The van der Waals surface area contributed by atoms with E-state index in [0.717, 1.165) is 0 Å². The predicted octanol–water partition coefficient (Wildman–Crippen LogP) is 1.00. The SMILES string of the molecule is CC(C)COc1cnn(CC(=O)O)c1. The minimum atomic E-state index is -0.913. The van der Waals surface area contributed by atoms with Crippen LogP contribution in [0.1, 0.15) is 13.8 Å². The number of carboxylic acid groups (broad SMARTS) is 1. The Morgan fingerprint density at radius 3 is 3.00 bits per heavy atom. The van der Waals surface area contributed by atoms with Crippen molar-refractivity contribution in [2.24, 2.45) is 5.92 Å². The molecule has 0 bridgehead atoms. The first-order valence-corrected chi connectivity index (χ1v) is 4.45. The molecule has 0 amide bonds. The van der Waals surface area contributed by atoms with E-state index in [2.05, 4.69) is 5.10 Å². The molecule has 0 aliphatic rings. The van der Waals surface area contributed by atoms with E-state index >= 15 is 0 Å². The molecule has 78 valence electrons. The Hall–Kier alpha value is -1.52. The van der Waals surface area contributed by atoms with Gasteiger partial charge in [-0.3, -0.25) is 9.48 Å². The van der Waals surface area contributed by atoms with Crippen LogP contribution in [-0.2, 0) is 11.3 Å². The van der Waals surface area contributed by atoms with Gasteiger partial charge in [0, 0.05) is 0 Å². The fourth-order valence-corrected chi connectivity index (χ4v) is 0.907. The number of hydrogen-bond donors (Lipinski definition) is 1. The Kier molecular flexibility index (Phi) is 3.50. The van der Waals surface area contributed by atoms with Gasteiger partial charge in [0.15, 0.2) is 5.75 Å². The Balaban J connectivity index is 2.46. The van der Waals surface area contributed by atoms with Gasteiger partial charge >= 0.3 is 5.97 Å². The molecule has 0 radical (unpaired) electrons. The average Bonchev–Trinajstić information content (AvgIpc) is 2.47. The second kappa shape index (κ2) is 4.64. The molecule has 5 nitrogen and oxygen atoms in total. The van der Waals surface area contributed by atoms with E-state index < -0.39 is 5.97 Å². The Morgan fingerprint density at radius 1 is 1.71 bits per heavy atom. The van der Waals surface area contributed by atoms with Crippen LogP contribution in [0.3, 0.4) is 0 Å². The van der Waals surface area contributed by atoms with Crippen molar-refractivity contribution >= 4 is 5.97 Å². The van der Waals surface area contributed by atoms with Gasteiger partial charge in [-0.1, -0.05) is 13.8 Å². The van der Waals surface area contributed by atoms with E-state index in [9.17, 15) is 4.79 Å². The summed E-state index contributed by atoms with van der Waals surface area (Å²) in [7, 11) is 0. The van der Waals surface area contributed by atoms with Crippen LogP contribution in [0.5, 0.6) is 5.75 Å². The van der Waals surface area contributed by atoms with E-state index in [0.29, 0.717) is 18.3 Å². The zero-order valence-electron chi connectivity index (χ0n) is 8.30. The topological polar surface area (TPSA) is 64.4 Å². The van der Waals surface area contributed by atoms with Crippen LogP contribution in [0.25, 0.3) is 0 Å². The maximum absolute atomic E-state index is 10.3. The Bertz CT molecular complexity index is 307. The van der Waals surface area contributed by atoms with Crippen LogP contribution in [0.2, 0.25) is 0 Å². The highest BCUT2D eigenvalue weighted by Gasteiger charge is 2.03. The van der Waals surface area contributed by atoms with Crippen LogP contribution in [0.4, 0.5) is 0 Å². The highest BCUT2D eigenvalue weighted by molar-refractivity contribution is 5.66. The van der Waals surface area contributed by atoms with Crippen molar-refractivity contribution in [3.8, 4) is 5.75 Å². The van der Waals surface area contributed by atoms with Crippen LogP contribution < -0.4 is 4.74 Å². The van der Waals surface area contributed by atoms with Crippen molar-refractivity contribution in [1.82, 2.24) is 9.78 Å². The van der Waals surface area contributed by atoms with Crippen molar-refractivity contribution < 1.29 is 14.6 Å². The van der Waals surface area contributed by atoms with Crippen LogP contribution in [0.15, 0.2) is 12.4 Å². The standard InChI is InChI=1S/C9H14N2O3/c1-7(2)6-14-8-3-10-11(4-8)5-9(12)13/h3-4,7H,5-6H2,1-2H3,(H,12,13). The number of ether oxygens (including phenoxy) is 1. The molecule has 0 aliphatic heterocycles. The molecule has 0 unspecified atom stereocenters. The van der Waals surface area contributed by atoms with E-state index in [4.69, 9.17) is 9.84 Å². The second-order valence-electron chi connectivity index (χ2n) is 3.47. The lowest BCUT2D eigenvalue weighted by Gasteiger charge is -2.04. The van der Waals surface area contributed by atoms with Crippen molar-refractivity contribution in [3.05, 3.63) is 12.4 Å². The molecule has 0 atom stereocenters. The molecule has 1 heterocycles. The Morgan fingerprint density at radius 2 is 2.43 bits per heavy atom. The molecule has 0 aliphatic carbocycles. The number of carboxylic acids is 1. The van der Waals surface area contributed by atoms with Crippen LogP contribution >= 0.6 is 0 Å². The van der Waals surface area contributed by atoms with E-state index in [1.807, 2.05) is 13.8 Å². The van der Waals surface area contributed by atoms with Gasteiger partial charge in [-0.25, -0.2) is 0 Å². The second-order valence-corrected chi connectivity index (χ2v) is 3.47. The summed E-state index contributed by atoms with van der Waals surface area (Å²) in [4.78, 5) is 10.3. The molecule has 14 heavy (non-hydrogen) atoms. The lowest BCUT2D eigenvalue weighted by Crippen LogP contribution is -2.08. The van der Waals surface area contributed by atoms with Gasteiger partial charge in [-0.15, -0.1) is 0 Å². The summed E-state index contributed by atoms with van der Waals surface area (Å²) in [5, 5.41) is 12.3. The molecule has 1 aromatic heterocycles. The number of hydrogen-bond acceptors (Lipinski definition) is 3. The van der Waals surface area contributed by atoms with Gasteiger partial charge in [0.05, 0.1) is 19.0 Å². The first kappa shape index (κ1) is 10.6. The molecule has 5 heteroatoms. The first-order chi connectivity index (χ1) is 6.58. The molecule has 0 aromatic carbocycles. The summed E-state index contributed by atoms with van der Waals surface area (Å²) in [6, 6.07) is 0. The molecular formula is C9H14N2O3. The fourth-order valence-electron chi connectivity index (χ4n) is 0.907. The van der Waals surface area contributed by atoms with Crippen molar-refractivity contribution in [3.63, 3.8) is 0 Å². The number of rotatable bonds is 5. The maximum Gasteiger partial charge on any atom is 0.325 e. The minimum Gasteiger partial charge on any atom is -0.490 e. The zero-order chi connectivity index (χ0) is 10.6. The van der Waals surface area contributed by atoms with Gasteiger partial charge in [0.2, 0.25) is 0 Å². The Labute approximate surface area is 82.3 Å². The normalized spacial score (nSPS) is 10.5. The highest BCUT2D eigenvalue weighted by Crippen LogP contribution is 2.09. The van der Waals surface area contributed by atoms with Gasteiger partial charge in [0.25, 0.3) is 0 Å². The third kappa shape index (κ3) is 3.47. The third-order valence-electron chi connectivity index (χ3n) is 1.49. The lowest BCUT2D eigenvalue weighted by atomic mass is 10.2. The molecule has 0 saturated heterocycles. The number of carbonyl (C=O) groups is 1. The predicted molar refractivity (Wildman–Crippen MR) is 50.2 cm³/mol. The molecule has 1 N–H and O–H groups in total. The number of aliphatic carboxylic acids is 1. The minimum absolute atomic E-state index is 0.134. The molecule has 1 rings (SSSR count). The summed E-state index contributed by atoms with van der Waals surface area (Å²) in [6.45, 7) is 4.56. The van der Waals surface area contributed by atoms with E-state index in [-0.39, 0.29) is 6.54 Å². The van der Waals surface area contributed by atoms with Gasteiger partial charge < -0.3 is 9.84 Å². The van der Waals surface area contributed by atoms with Gasteiger partial charge in [-0.2, -0.15) is 5.10 Å². The maximum atomic E-state index is 10.3. The molecular weight excluding hydrogens is 184 g/mol. The number of aromatic nitrogens is 2. The van der Waals surface area contributed by atoms with Crippen LogP contribution in [0, 0.1) is 5.92 Å². The average molecular weight is 198 g/mol. The van der Waals surface area contributed by atoms with Gasteiger partial charge in [0.1, 0.15) is 6.54 Å².